The SMILES string of the molecule is N#Cc1c(SCc2cccc(C(N)=O)c2)nc(N2CC[C@@H](O)C2)c(C#N)c1-c1ccc(OC2CCOC2)cc1. The van der Waals surface area contributed by atoms with Gasteiger partial charge in [-0.05, 0) is 41.8 Å². The van der Waals surface area contributed by atoms with Gasteiger partial charge < -0.3 is 25.2 Å². The van der Waals surface area contributed by atoms with Gasteiger partial charge in [0.2, 0.25) is 5.91 Å². The molecule has 2 saturated heterocycles. The summed E-state index contributed by atoms with van der Waals surface area (Å²) in [6.45, 7) is 2.14. The Kier molecular flexibility index (Phi) is 7.99. The molecule has 9 nitrogen and oxygen atoms in total. The smallest absolute Gasteiger partial charge is 0.248 e. The summed E-state index contributed by atoms with van der Waals surface area (Å²) >= 11 is 1.35. The normalized spacial score (nSPS) is 18.5. The number of rotatable bonds is 8. The van der Waals surface area contributed by atoms with Gasteiger partial charge in [0.15, 0.2) is 0 Å². The first-order valence-corrected chi connectivity index (χ1v) is 13.6. The summed E-state index contributed by atoms with van der Waals surface area (Å²) in [5.74, 6) is 1.06. The molecule has 5 rings (SSSR count). The van der Waals surface area contributed by atoms with Crippen molar-refractivity contribution in [1.29, 1.82) is 10.5 Å². The summed E-state index contributed by atoms with van der Waals surface area (Å²) in [6.07, 6.45) is 0.893. The molecule has 2 atom stereocenters. The lowest BCUT2D eigenvalue weighted by Crippen LogP contribution is -2.24. The van der Waals surface area contributed by atoms with Crippen LogP contribution in [0.25, 0.3) is 11.1 Å². The number of hydrogen-bond donors (Lipinski definition) is 2. The maximum absolute atomic E-state index is 11.6. The second-order valence-electron chi connectivity index (χ2n) is 9.46. The molecule has 0 spiro atoms. The molecular weight excluding hydrogens is 514 g/mol. The summed E-state index contributed by atoms with van der Waals surface area (Å²) in [7, 11) is 0. The summed E-state index contributed by atoms with van der Waals surface area (Å²) < 4.78 is 11.4. The van der Waals surface area contributed by atoms with E-state index in [0.717, 1.165) is 12.0 Å². The van der Waals surface area contributed by atoms with Crippen molar-refractivity contribution in [3.63, 3.8) is 0 Å². The monoisotopic (exact) mass is 541 g/mol. The van der Waals surface area contributed by atoms with Gasteiger partial charge in [-0.3, -0.25) is 4.79 Å². The lowest BCUT2D eigenvalue weighted by atomic mass is 9.96. The molecule has 3 heterocycles. The van der Waals surface area contributed by atoms with Crippen LogP contribution in [0.4, 0.5) is 5.82 Å². The number of carbonyl (C=O) groups is 1. The maximum Gasteiger partial charge on any atom is 0.248 e. The molecule has 1 aromatic heterocycles. The van der Waals surface area contributed by atoms with E-state index in [2.05, 4.69) is 12.1 Å². The van der Waals surface area contributed by atoms with Crippen molar-refractivity contribution in [2.45, 2.75) is 35.8 Å². The number of hydrogen-bond acceptors (Lipinski definition) is 9. The van der Waals surface area contributed by atoms with Gasteiger partial charge in [0.25, 0.3) is 0 Å². The Morgan fingerprint density at radius 3 is 2.62 bits per heavy atom. The van der Waals surface area contributed by atoms with Crippen LogP contribution < -0.4 is 15.4 Å². The zero-order chi connectivity index (χ0) is 27.4. The lowest BCUT2D eigenvalue weighted by molar-refractivity contribution is 0.1000. The third-order valence-electron chi connectivity index (χ3n) is 6.75. The van der Waals surface area contributed by atoms with Gasteiger partial charge in [-0.15, -0.1) is 11.8 Å². The van der Waals surface area contributed by atoms with Gasteiger partial charge in [-0.25, -0.2) is 4.98 Å². The summed E-state index contributed by atoms with van der Waals surface area (Å²) in [4.78, 5) is 18.3. The van der Waals surface area contributed by atoms with Crippen LogP contribution >= 0.6 is 11.8 Å². The highest BCUT2D eigenvalue weighted by atomic mass is 32.2. The Bertz CT molecular complexity index is 1460. The average Bonchev–Trinajstić information content (AvgIpc) is 3.63. The molecule has 0 aliphatic carbocycles. The van der Waals surface area contributed by atoms with Crippen molar-refractivity contribution >= 4 is 23.5 Å². The summed E-state index contributed by atoms with van der Waals surface area (Å²) in [5, 5.41) is 31.2. The number of thioether (sulfide) groups is 1. The van der Waals surface area contributed by atoms with Gasteiger partial charge in [0.1, 0.15) is 40.4 Å². The molecule has 0 saturated carbocycles. The number of amides is 1. The highest BCUT2D eigenvalue weighted by Crippen LogP contribution is 2.40. The number of β-amino-alcohol motifs (C(OH)–C–C–N with tert-alkyl or cyclic N) is 1. The molecule has 3 N–H and O–H groups in total. The molecule has 3 aromatic rings. The molecule has 198 valence electrons. The number of pyridine rings is 1. The van der Waals surface area contributed by atoms with E-state index in [4.69, 9.17) is 20.2 Å². The molecule has 1 amide bonds. The van der Waals surface area contributed by atoms with Crippen molar-refractivity contribution in [3.05, 3.63) is 70.8 Å². The van der Waals surface area contributed by atoms with E-state index in [9.17, 15) is 20.4 Å². The predicted molar refractivity (Wildman–Crippen MR) is 146 cm³/mol. The Labute approximate surface area is 230 Å². The van der Waals surface area contributed by atoms with Gasteiger partial charge in [-0.2, -0.15) is 10.5 Å². The fourth-order valence-corrected chi connectivity index (χ4v) is 5.71. The quantitative estimate of drug-likeness (QED) is 0.408. The summed E-state index contributed by atoms with van der Waals surface area (Å²) in [5.41, 5.74) is 8.46. The fraction of sp³-hybridized carbons (Fsp3) is 0.310. The van der Waals surface area contributed by atoms with Gasteiger partial charge in [0, 0.05) is 36.4 Å². The Balaban J connectivity index is 1.55. The van der Waals surface area contributed by atoms with E-state index in [1.165, 1.54) is 11.8 Å². The van der Waals surface area contributed by atoms with Gasteiger partial charge in [0.05, 0.1) is 24.9 Å². The Morgan fingerprint density at radius 2 is 1.97 bits per heavy atom. The van der Waals surface area contributed by atoms with E-state index < -0.39 is 12.0 Å². The first kappa shape index (κ1) is 26.5. The zero-order valence-corrected chi connectivity index (χ0v) is 22.0. The van der Waals surface area contributed by atoms with Gasteiger partial charge >= 0.3 is 0 Å². The van der Waals surface area contributed by atoms with Gasteiger partial charge in [-0.1, -0.05) is 24.3 Å². The molecule has 2 aromatic carbocycles. The number of aromatic nitrogens is 1. The van der Waals surface area contributed by atoms with Crippen molar-refractivity contribution in [3.8, 4) is 29.0 Å². The third kappa shape index (κ3) is 5.84. The van der Waals surface area contributed by atoms with Crippen LogP contribution in [0.15, 0.2) is 53.6 Å². The minimum atomic E-state index is -0.513. The number of aliphatic hydroxyl groups is 1. The number of primary amides is 1. The highest BCUT2D eigenvalue weighted by molar-refractivity contribution is 7.98. The number of carbonyl (C=O) groups excluding carboxylic acids is 1. The van der Waals surface area contributed by atoms with E-state index in [-0.39, 0.29) is 6.10 Å². The van der Waals surface area contributed by atoms with Crippen LogP contribution in [0.5, 0.6) is 5.75 Å². The maximum atomic E-state index is 11.6. The fourth-order valence-electron chi connectivity index (χ4n) is 4.78. The molecule has 1 unspecified atom stereocenters. The largest absolute Gasteiger partial charge is 0.488 e. The number of benzene rings is 2. The number of anilines is 1. The Hall–Kier alpha value is -4.09. The second kappa shape index (κ2) is 11.7. The molecule has 2 fully saturated rings. The summed E-state index contributed by atoms with van der Waals surface area (Å²) in [6, 6.07) is 18.9. The first-order chi connectivity index (χ1) is 19.0. The number of nitrogens with zero attached hydrogens (tertiary/aromatic N) is 4. The lowest BCUT2D eigenvalue weighted by Gasteiger charge is -2.22. The van der Waals surface area contributed by atoms with Crippen LogP contribution in [0.3, 0.4) is 0 Å². The Morgan fingerprint density at radius 1 is 1.18 bits per heavy atom. The standard InChI is InChI=1S/C29H27N5O4S/c30-13-24-26(19-4-6-22(7-5-19)38-23-9-11-37-16-23)25(14-31)29(33-28(24)34-10-8-21(35)15-34)39-17-18-2-1-3-20(12-18)27(32)36/h1-7,12,21,23,35H,8-11,15-17H2,(H2,32,36)/t21-,23?/m1/s1. The average molecular weight is 542 g/mol. The minimum Gasteiger partial charge on any atom is -0.488 e. The van der Waals surface area contributed by atoms with E-state index in [0.29, 0.717) is 82.9 Å². The van der Waals surface area contributed by atoms with Crippen molar-refractivity contribution in [2.75, 3.05) is 31.2 Å². The number of nitrogens with two attached hydrogens (primary N) is 1. The van der Waals surface area contributed by atoms with Crippen molar-refractivity contribution in [1.82, 2.24) is 4.98 Å². The molecular formula is C29H27N5O4S. The first-order valence-electron chi connectivity index (χ1n) is 12.6. The van der Waals surface area contributed by atoms with Crippen molar-refractivity contribution < 1.29 is 19.4 Å². The zero-order valence-electron chi connectivity index (χ0n) is 21.2. The number of aliphatic hydroxyl groups excluding tert-OH is 1. The predicted octanol–water partition coefficient (Wildman–Crippen LogP) is 3.62. The number of nitriles is 2. The topological polar surface area (TPSA) is 145 Å². The molecule has 0 radical (unpaired) electrons. The number of ether oxygens (including phenoxy) is 2. The molecule has 0 bridgehead atoms. The van der Waals surface area contributed by atoms with E-state index in [1.54, 1.807) is 18.2 Å². The van der Waals surface area contributed by atoms with Crippen LogP contribution in [0, 0.1) is 22.7 Å². The van der Waals surface area contributed by atoms with Crippen LogP contribution in [-0.4, -0.2) is 54.5 Å². The third-order valence-corrected chi connectivity index (χ3v) is 7.80. The molecule has 2 aliphatic heterocycles. The van der Waals surface area contributed by atoms with Crippen LogP contribution in [-0.2, 0) is 10.5 Å². The van der Waals surface area contributed by atoms with Crippen LogP contribution in [0.2, 0.25) is 0 Å². The molecule has 39 heavy (non-hydrogen) atoms. The molecule has 10 heteroatoms. The highest BCUT2D eigenvalue weighted by Gasteiger charge is 2.29. The molecule has 2 aliphatic rings. The van der Waals surface area contributed by atoms with E-state index in [1.807, 2.05) is 35.2 Å². The van der Waals surface area contributed by atoms with Crippen molar-refractivity contribution in [2.24, 2.45) is 5.73 Å². The van der Waals surface area contributed by atoms with Crippen LogP contribution in [0.1, 0.15) is 39.9 Å². The van der Waals surface area contributed by atoms with E-state index >= 15 is 0 Å². The minimum absolute atomic E-state index is 0.00498. The second-order valence-corrected chi connectivity index (χ2v) is 10.4.